The van der Waals surface area contributed by atoms with Gasteiger partial charge in [0, 0.05) is 35.7 Å². The number of fused-ring (bicyclic) bond motifs is 1. The molecule has 0 bridgehead atoms. The average molecular weight is 610 g/mol. The molecule has 0 amide bonds. The van der Waals surface area contributed by atoms with Crippen molar-refractivity contribution in [2.45, 2.75) is 32.0 Å². The molecule has 4 aromatic rings. The van der Waals surface area contributed by atoms with E-state index < -0.39 is 33.8 Å². The fourth-order valence-electron chi connectivity index (χ4n) is 4.76. The number of hydrogen-bond donors (Lipinski definition) is 4. The third-order valence-corrected chi connectivity index (χ3v) is 7.94. The van der Waals surface area contributed by atoms with E-state index in [1.807, 2.05) is 61.5 Å². The monoisotopic (exact) mass is 609 g/mol. The lowest BCUT2D eigenvalue weighted by Gasteiger charge is -2.18. The van der Waals surface area contributed by atoms with Crippen LogP contribution in [0.3, 0.4) is 0 Å². The van der Waals surface area contributed by atoms with Crippen molar-refractivity contribution in [2.24, 2.45) is 0 Å². The number of nitrogens with zero attached hydrogens (tertiary/aromatic N) is 1. The topological polar surface area (TPSA) is 156 Å². The number of carbonyl (C=O) groups excluding carboxylic acids is 1. The first-order chi connectivity index (χ1) is 20.6. The Morgan fingerprint density at radius 1 is 0.977 bits per heavy atom. The number of carbonyl (C=O) groups is 2. The maximum Gasteiger partial charge on any atom is 0.352 e. The number of carboxylic acid groups (broad SMARTS) is 1. The number of aliphatic hydroxyl groups is 1. The number of ether oxygens (including phenoxy) is 2. The van der Waals surface area contributed by atoms with Gasteiger partial charge in [-0.15, -0.1) is 0 Å². The number of para-hydroxylation sites is 2. The smallest absolute Gasteiger partial charge is 0.352 e. The van der Waals surface area contributed by atoms with Crippen molar-refractivity contribution >= 4 is 38.6 Å². The Bertz CT molecular complexity index is 1650. The normalized spacial score (nSPS) is 12.9. The van der Waals surface area contributed by atoms with E-state index in [-0.39, 0.29) is 37.1 Å². The number of hydrogen-bond acceptors (Lipinski definition) is 8. The lowest BCUT2D eigenvalue weighted by molar-refractivity contribution is -0.137. The van der Waals surface area contributed by atoms with Crippen LogP contribution < -0.4 is 14.8 Å². The van der Waals surface area contributed by atoms with Gasteiger partial charge in [-0.2, -0.15) is 0 Å². The van der Waals surface area contributed by atoms with Gasteiger partial charge in [-0.3, -0.25) is 9.52 Å². The van der Waals surface area contributed by atoms with Crippen LogP contribution >= 0.6 is 0 Å². The van der Waals surface area contributed by atoms with Crippen molar-refractivity contribution in [3.63, 3.8) is 0 Å². The number of anilines is 1. The van der Waals surface area contributed by atoms with Crippen LogP contribution in [0.2, 0.25) is 0 Å². The summed E-state index contributed by atoms with van der Waals surface area (Å²) in [5, 5.41) is 24.8. The van der Waals surface area contributed by atoms with E-state index >= 15 is 0 Å². The highest BCUT2D eigenvalue weighted by atomic mass is 32.2. The van der Waals surface area contributed by atoms with Gasteiger partial charge in [0.15, 0.2) is 5.75 Å². The number of rotatable bonds is 15. The molecule has 1 aromatic heterocycles. The van der Waals surface area contributed by atoms with Crippen LogP contribution in [0.1, 0.15) is 28.5 Å². The predicted octanol–water partition coefficient (Wildman–Crippen LogP) is 3.26. The second kappa shape index (κ2) is 14.2. The number of sulfonamides is 1. The van der Waals surface area contributed by atoms with Crippen molar-refractivity contribution in [1.82, 2.24) is 9.88 Å². The van der Waals surface area contributed by atoms with E-state index in [1.165, 1.54) is 0 Å². The summed E-state index contributed by atoms with van der Waals surface area (Å²) >= 11 is 0. The minimum absolute atomic E-state index is 0.120. The third kappa shape index (κ3) is 8.57. The standard InChI is InChI=1S/C31H35N3O8S/c1-21(32-17-24(35)19-42-25-8-4-3-5-9-25)16-27-26-10-6-7-11-28(26)34(30(27)31(37)38)18-22-12-14-23(15-13-22)33-43(39,40)20-29(36)41-2/h3-15,21,24,32-33,35H,16-20H2,1-2H3,(H,37,38). The molecule has 4 rings (SSSR count). The zero-order chi connectivity index (χ0) is 31.0. The molecule has 4 N–H and O–H groups in total. The van der Waals surface area contributed by atoms with Gasteiger partial charge in [0.2, 0.25) is 10.0 Å². The first kappa shape index (κ1) is 31.5. The summed E-state index contributed by atoms with van der Waals surface area (Å²) < 4.78 is 38.4. The number of nitrogens with one attached hydrogen (secondary N) is 2. The summed E-state index contributed by atoms with van der Waals surface area (Å²) in [5.41, 5.74) is 2.59. The maximum absolute atomic E-state index is 12.6. The first-order valence-corrected chi connectivity index (χ1v) is 15.3. The molecule has 0 fully saturated rings. The molecule has 43 heavy (non-hydrogen) atoms. The molecule has 1 heterocycles. The molecule has 12 heteroatoms. The van der Waals surface area contributed by atoms with Crippen molar-refractivity contribution < 1.29 is 37.7 Å². The third-order valence-electron chi connectivity index (χ3n) is 6.78. The highest BCUT2D eigenvalue weighted by Gasteiger charge is 2.24. The summed E-state index contributed by atoms with van der Waals surface area (Å²) in [6.45, 7) is 2.55. The number of aliphatic hydroxyl groups excluding tert-OH is 1. The molecule has 3 aromatic carbocycles. The number of esters is 1. The summed E-state index contributed by atoms with van der Waals surface area (Å²) in [6.07, 6.45) is -0.349. The van der Waals surface area contributed by atoms with Crippen LogP contribution in [-0.2, 0) is 32.5 Å². The summed E-state index contributed by atoms with van der Waals surface area (Å²) in [7, 11) is -2.82. The Morgan fingerprint density at radius 3 is 2.33 bits per heavy atom. The van der Waals surface area contributed by atoms with Crippen LogP contribution in [0.25, 0.3) is 10.9 Å². The molecule has 0 radical (unpaired) electrons. The van der Waals surface area contributed by atoms with Gasteiger partial charge < -0.3 is 29.6 Å². The molecule has 2 unspecified atom stereocenters. The van der Waals surface area contributed by atoms with Crippen molar-refractivity contribution in [3.8, 4) is 5.75 Å². The fraction of sp³-hybridized carbons (Fsp3) is 0.290. The highest BCUT2D eigenvalue weighted by Crippen LogP contribution is 2.29. The molecule has 228 valence electrons. The van der Waals surface area contributed by atoms with Crippen LogP contribution in [0.15, 0.2) is 78.9 Å². The molecule has 0 aliphatic carbocycles. The molecule has 0 spiro atoms. The summed E-state index contributed by atoms with van der Waals surface area (Å²) in [6, 6.07) is 23.0. The van der Waals surface area contributed by atoms with Crippen LogP contribution in [-0.4, -0.2) is 73.3 Å². The van der Waals surface area contributed by atoms with Gasteiger partial charge in [0.1, 0.15) is 24.2 Å². The van der Waals surface area contributed by atoms with E-state index in [0.717, 1.165) is 23.6 Å². The largest absolute Gasteiger partial charge is 0.491 e. The number of aromatic carboxylic acids is 1. The lowest BCUT2D eigenvalue weighted by atomic mass is 10.0. The zero-order valence-electron chi connectivity index (χ0n) is 23.9. The number of carboxylic acids is 1. The van der Waals surface area contributed by atoms with E-state index in [0.29, 0.717) is 17.7 Å². The van der Waals surface area contributed by atoms with Gasteiger partial charge in [-0.25, -0.2) is 13.2 Å². The maximum atomic E-state index is 12.6. The predicted molar refractivity (Wildman–Crippen MR) is 163 cm³/mol. The Kier molecular flexibility index (Phi) is 10.4. The Labute approximate surface area is 250 Å². The first-order valence-electron chi connectivity index (χ1n) is 13.6. The number of methoxy groups -OCH3 is 1. The second-order valence-electron chi connectivity index (χ2n) is 10.2. The summed E-state index contributed by atoms with van der Waals surface area (Å²) in [5.74, 6) is -2.08. The fourth-order valence-corrected chi connectivity index (χ4v) is 5.76. The highest BCUT2D eigenvalue weighted by molar-refractivity contribution is 7.93. The van der Waals surface area contributed by atoms with Crippen LogP contribution in [0.5, 0.6) is 5.75 Å². The molecule has 2 atom stereocenters. The van der Waals surface area contributed by atoms with Crippen molar-refractivity contribution in [1.29, 1.82) is 0 Å². The Hall–Kier alpha value is -4.39. The minimum atomic E-state index is -3.94. The summed E-state index contributed by atoms with van der Waals surface area (Å²) in [4.78, 5) is 23.9. The van der Waals surface area contributed by atoms with Gasteiger partial charge in [0.25, 0.3) is 0 Å². The van der Waals surface area contributed by atoms with Crippen molar-refractivity contribution in [3.05, 3.63) is 95.7 Å². The minimum Gasteiger partial charge on any atom is -0.491 e. The van der Waals surface area contributed by atoms with Gasteiger partial charge in [-0.05, 0) is 54.8 Å². The average Bonchev–Trinajstić information content (AvgIpc) is 3.28. The van der Waals surface area contributed by atoms with E-state index in [4.69, 9.17) is 4.74 Å². The molecule has 0 aliphatic rings. The molecular weight excluding hydrogens is 574 g/mol. The van der Waals surface area contributed by atoms with Gasteiger partial charge in [-0.1, -0.05) is 48.5 Å². The van der Waals surface area contributed by atoms with Crippen LogP contribution in [0, 0.1) is 0 Å². The molecule has 11 nitrogen and oxygen atoms in total. The molecule has 0 saturated carbocycles. The second-order valence-corrected chi connectivity index (χ2v) is 11.9. The van der Waals surface area contributed by atoms with E-state index in [9.17, 15) is 28.2 Å². The van der Waals surface area contributed by atoms with Gasteiger partial charge in [0.05, 0.1) is 7.11 Å². The zero-order valence-corrected chi connectivity index (χ0v) is 24.7. The Morgan fingerprint density at radius 2 is 1.65 bits per heavy atom. The van der Waals surface area contributed by atoms with E-state index in [2.05, 4.69) is 14.8 Å². The molecule has 0 aliphatic heterocycles. The number of benzene rings is 3. The SMILES string of the molecule is COC(=O)CS(=O)(=O)Nc1ccc(Cn2c(C(=O)O)c(CC(C)NCC(O)COc3ccccc3)c3ccccc32)cc1. The molecular formula is C31H35N3O8S. The lowest BCUT2D eigenvalue weighted by Crippen LogP contribution is -2.37. The quantitative estimate of drug-likeness (QED) is 0.149. The van der Waals surface area contributed by atoms with Crippen molar-refractivity contribution in [2.75, 3.05) is 30.7 Å². The molecule has 0 saturated heterocycles. The van der Waals surface area contributed by atoms with Crippen LogP contribution in [0.4, 0.5) is 5.69 Å². The van der Waals surface area contributed by atoms with Gasteiger partial charge >= 0.3 is 11.9 Å². The Balaban J connectivity index is 1.48. The van der Waals surface area contributed by atoms with E-state index in [1.54, 1.807) is 28.8 Å². The number of aromatic nitrogens is 1.